The first-order valence-electron chi connectivity index (χ1n) is 5.87. The predicted octanol–water partition coefficient (Wildman–Crippen LogP) is -2.33. The Kier molecular flexibility index (Phi) is 3.58. The van der Waals surface area contributed by atoms with E-state index in [-0.39, 0.29) is 18.3 Å². The zero-order valence-corrected chi connectivity index (χ0v) is 11.1. The zero-order valence-electron chi connectivity index (χ0n) is 10.3. The van der Waals surface area contributed by atoms with Gasteiger partial charge in [0.05, 0.1) is 11.8 Å². The summed E-state index contributed by atoms with van der Waals surface area (Å²) in [5.41, 5.74) is 0. The van der Waals surface area contributed by atoms with E-state index in [2.05, 4.69) is 5.32 Å². The minimum absolute atomic E-state index is 0.0384. The highest BCUT2D eigenvalue weighted by Gasteiger charge is 2.39. The van der Waals surface area contributed by atoms with Crippen molar-refractivity contribution in [3.05, 3.63) is 0 Å². The van der Waals surface area contributed by atoms with Crippen LogP contribution in [0.25, 0.3) is 0 Å². The number of amides is 2. The Morgan fingerprint density at radius 1 is 1.33 bits per heavy atom. The lowest BCUT2D eigenvalue weighted by molar-refractivity contribution is -0.159. The number of carbonyl (C=O) groups is 2. The number of rotatable bonds is 3. The molecule has 0 spiro atoms. The minimum atomic E-state index is -3.13. The molecule has 18 heavy (non-hydrogen) atoms. The molecular formula is C10H17N3O4S. The summed E-state index contributed by atoms with van der Waals surface area (Å²) in [6.07, 6.45) is 1.12. The van der Waals surface area contributed by atoms with Crippen LogP contribution in [0.5, 0.6) is 0 Å². The van der Waals surface area contributed by atoms with Gasteiger partial charge in [0.25, 0.3) is 0 Å². The topological polar surface area (TPSA) is 86.8 Å². The van der Waals surface area contributed by atoms with Crippen LogP contribution in [0.4, 0.5) is 0 Å². The molecule has 2 aliphatic rings. The van der Waals surface area contributed by atoms with Gasteiger partial charge in [-0.2, -0.15) is 0 Å². The molecule has 1 unspecified atom stereocenters. The average Bonchev–Trinajstić information content (AvgIpc) is 2.31. The molecule has 1 N–H and O–H groups in total. The fourth-order valence-electron chi connectivity index (χ4n) is 2.26. The zero-order chi connectivity index (χ0) is 13.3. The molecule has 0 radical (unpaired) electrons. The van der Waals surface area contributed by atoms with E-state index in [1.165, 1.54) is 4.90 Å². The van der Waals surface area contributed by atoms with Gasteiger partial charge in [0.2, 0.25) is 0 Å². The van der Waals surface area contributed by atoms with Crippen LogP contribution in [0.2, 0.25) is 0 Å². The number of nitrogens with zero attached hydrogens (tertiary/aromatic N) is 2. The lowest BCUT2D eigenvalue weighted by Gasteiger charge is -2.43. The van der Waals surface area contributed by atoms with Crippen LogP contribution in [-0.4, -0.2) is 80.8 Å². The van der Waals surface area contributed by atoms with E-state index < -0.39 is 21.7 Å². The Morgan fingerprint density at radius 3 is 2.72 bits per heavy atom. The Morgan fingerprint density at radius 2 is 2.06 bits per heavy atom. The van der Waals surface area contributed by atoms with Crippen LogP contribution < -0.4 is 5.32 Å². The van der Waals surface area contributed by atoms with Gasteiger partial charge in [0, 0.05) is 39.0 Å². The molecule has 0 aromatic carbocycles. The largest absolute Gasteiger partial charge is 0.331 e. The van der Waals surface area contributed by atoms with E-state index in [0.29, 0.717) is 26.2 Å². The number of hydrogen-bond acceptors (Lipinski definition) is 5. The van der Waals surface area contributed by atoms with E-state index >= 15 is 0 Å². The van der Waals surface area contributed by atoms with Gasteiger partial charge in [-0.25, -0.2) is 8.42 Å². The highest BCUT2D eigenvalue weighted by molar-refractivity contribution is 7.90. The summed E-state index contributed by atoms with van der Waals surface area (Å²) in [5.74, 6) is -1.20. The second-order valence-corrected chi connectivity index (χ2v) is 7.00. The van der Waals surface area contributed by atoms with Crippen molar-refractivity contribution in [1.82, 2.24) is 15.1 Å². The first-order valence-corrected chi connectivity index (χ1v) is 7.93. The lowest BCUT2D eigenvalue weighted by atomic mass is 10.1. The molecule has 1 atom stereocenters. The van der Waals surface area contributed by atoms with Gasteiger partial charge in [-0.15, -0.1) is 0 Å². The van der Waals surface area contributed by atoms with Crippen molar-refractivity contribution in [2.75, 3.05) is 44.7 Å². The van der Waals surface area contributed by atoms with Crippen molar-refractivity contribution in [1.29, 1.82) is 0 Å². The molecule has 8 heteroatoms. The van der Waals surface area contributed by atoms with Gasteiger partial charge >= 0.3 is 11.8 Å². The lowest BCUT2D eigenvalue weighted by Crippen LogP contribution is -2.66. The Bertz CT molecular complexity index is 462. The molecule has 0 aromatic rings. The summed E-state index contributed by atoms with van der Waals surface area (Å²) >= 11 is 0. The molecular weight excluding hydrogens is 258 g/mol. The van der Waals surface area contributed by atoms with Gasteiger partial charge in [-0.1, -0.05) is 0 Å². The summed E-state index contributed by atoms with van der Waals surface area (Å²) in [4.78, 5) is 26.6. The maximum absolute atomic E-state index is 11.9. The summed E-state index contributed by atoms with van der Waals surface area (Å²) in [7, 11) is -3.13. The first-order chi connectivity index (χ1) is 8.38. The fraction of sp³-hybridized carbons (Fsp3) is 0.800. The normalized spacial score (nSPS) is 25.3. The van der Waals surface area contributed by atoms with Crippen LogP contribution in [0.15, 0.2) is 0 Å². The highest BCUT2D eigenvalue weighted by atomic mass is 32.2. The first kappa shape index (κ1) is 13.3. The standard InChI is InChI=1S/C10H17N3O4S/c1-18(16,17)5-4-12-7-8-6-11-2-3-13(8)10(15)9(12)14/h8,11H,2-7H2,1H3. The second kappa shape index (κ2) is 4.85. The van der Waals surface area contributed by atoms with Crippen LogP contribution in [-0.2, 0) is 19.4 Å². The molecule has 2 rings (SSSR count). The van der Waals surface area contributed by atoms with Crippen LogP contribution in [0.3, 0.4) is 0 Å². The van der Waals surface area contributed by atoms with Gasteiger partial charge in [0.15, 0.2) is 0 Å². The molecule has 2 aliphatic heterocycles. The second-order valence-electron chi connectivity index (χ2n) is 4.74. The molecule has 0 aromatic heterocycles. The third kappa shape index (κ3) is 2.81. The van der Waals surface area contributed by atoms with Crippen molar-refractivity contribution in [3.8, 4) is 0 Å². The third-order valence-electron chi connectivity index (χ3n) is 3.24. The Labute approximate surface area is 106 Å². The van der Waals surface area contributed by atoms with Gasteiger partial charge in [-0.3, -0.25) is 9.59 Å². The minimum Gasteiger partial charge on any atom is -0.331 e. The molecule has 0 aliphatic carbocycles. The van der Waals surface area contributed by atoms with Crippen molar-refractivity contribution in [2.24, 2.45) is 0 Å². The van der Waals surface area contributed by atoms with Crippen molar-refractivity contribution >= 4 is 21.7 Å². The Balaban J connectivity index is 2.04. The molecule has 2 fully saturated rings. The number of hydrogen-bond donors (Lipinski definition) is 1. The van der Waals surface area contributed by atoms with Gasteiger partial charge < -0.3 is 15.1 Å². The fourth-order valence-corrected chi connectivity index (χ4v) is 2.81. The van der Waals surface area contributed by atoms with Crippen molar-refractivity contribution in [3.63, 3.8) is 0 Å². The average molecular weight is 275 g/mol. The van der Waals surface area contributed by atoms with Crippen LogP contribution in [0, 0.1) is 0 Å². The van der Waals surface area contributed by atoms with Crippen molar-refractivity contribution < 1.29 is 18.0 Å². The maximum Gasteiger partial charge on any atom is 0.312 e. The SMILES string of the molecule is CS(=O)(=O)CCN1CC2CNCCN2C(=O)C1=O. The van der Waals surface area contributed by atoms with Gasteiger partial charge in [0.1, 0.15) is 9.84 Å². The van der Waals surface area contributed by atoms with Crippen LogP contribution in [0.1, 0.15) is 0 Å². The molecule has 2 amide bonds. The molecule has 2 heterocycles. The molecule has 102 valence electrons. The van der Waals surface area contributed by atoms with E-state index in [1.54, 1.807) is 4.90 Å². The van der Waals surface area contributed by atoms with E-state index in [9.17, 15) is 18.0 Å². The smallest absolute Gasteiger partial charge is 0.312 e. The summed E-state index contributed by atoms with van der Waals surface area (Å²) < 4.78 is 22.2. The van der Waals surface area contributed by atoms with E-state index in [1.807, 2.05) is 0 Å². The molecule has 0 saturated carbocycles. The number of carbonyl (C=O) groups excluding carboxylic acids is 2. The summed E-state index contributed by atoms with van der Waals surface area (Å²) in [6.45, 7) is 2.38. The maximum atomic E-state index is 11.9. The summed E-state index contributed by atoms with van der Waals surface area (Å²) in [5, 5.41) is 3.16. The summed E-state index contributed by atoms with van der Waals surface area (Å²) in [6, 6.07) is -0.0384. The number of piperazine rings is 2. The molecule has 0 bridgehead atoms. The molecule has 7 nitrogen and oxygen atoms in total. The highest BCUT2D eigenvalue weighted by Crippen LogP contribution is 2.13. The predicted molar refractivity (Wildman–Crippen MR) is 64.7 cm³/mol. The molecule has 2 saturated heterocycles. The van der Waals surface area contributed by atoms with E-state index in [4.69, 9.17) is 0 Å². The van der Waals surface area contributed by atoms with E-state index in [0.717, 1.165) is 6.26 Å². The number of nitrogens with one attached hydrogen (secondary N) is 1. The quantitative estimate of drug-likeness (QED) is 0.584. The van der Waals surface area contributed by atoms with Gasteiger partial charge in [-0.05, 0) is 0 Å². The third-order valence-corrected chi connectivity index (χ3v) is 4.17. The van der Waals surface area contributed by atoms with Crippen LogP contribution >= 0.6 is 0 Å². The monoisotopic (exact) mass is 275 g/mol. The number of fused-ring (bicyclic) bond motifs is 1. The Hall–Kier alpha value is -1.15. The van der Waals surface area contributed by atoms with Crippen molar-refractivity contribution in [2.45, 2.75) is 6.04 Å². The number of sulfone groups is 1.